The Kier molecular flexibility index (Phi) is 4.11. The molecule has 2 nitrogen and oxygen atoms in total. The lowest BCUT2D eigenvalue weighted by atomic mass is 9.99. The number of nitrogens with zero attached hydrogens (tertiary/aromatic N) is 1. The summed E-state index contributed by atoms with van der Waals surface area (Å²) in [6, 6.07) is 14.1. The molecule has 0 bridgehead atoms. The number of rotatable bonds is 3. The maximum absolute atomic E-state index is 12.4. The fraction of sp³-hybridized carbons (Fsp3) is 0.278. The molecule has 3 heteroatoms. The lowest BCUT2D eigenvalue weighted by Crippen LogP contribution is -2.34. The molecule has 1 aliphatic rings. The molecule has 0 fully saturated rings. The average Bonchev–Trinajstić information content (AvgIpc) is 2.47. The summed E-state index contributed by atoms with van der Waals surface area (Å²) in [5.41, 5.74) is 4.65. The highest BCUT2D eigenvalue weighted by atomic mass is 79.9. The van der Waals surface area contributed by atoms with Crippen LogP contribution < -0.4 is 4.90 Å². The predicted octanol–water partition coefficient (Wildman–Crippen LogP) is 4.39. The quantitative estimate of drug-likeness (QED) is 0.770. The molecule has 21 heavy (non-hydrogen) atoms. The van der Waals surface area contributed by atoms with Crippen molar-refractivity contribution in [3.8, 4) is 0 Å². The van der Waals surface area contributed by atoms with Crippen molar-refractivity contribution in [1.29, 1.82) is 0 Å². The van der Waals surface area contributed by atoms with Crippen LogP contribution in [0.25, 0.3) is 0 Å². The molecule has 3 rings (SSSR count). The van der Waals surface area contributed by atoms with Crippen LogP contribution in [0.1, 0.15) is 27.9 Å². The molecular weight excluding hydrogens is 326 g/mol. The van der Waals surface area contributed by atoms with Gasteiger partial charge in [0.25, 0.3) is 0 Å². The van der Waals surface area contributed by atoms with Gasteiger partial charge in [0.15, 0.2) is 5.78 Å². The van der Waals surface area contributed by atoms with Gasteiger partial charge in [0, 0.05) is 22.3 Å². The highest BCUT2D eigenvalue weighted by molar-refractivity contribution is 9.10. The fourth-order valence-corrected chi connectivity index (χ4v) is 3.13. The molecular formula is C18H18BrNO. The maximum Gasteiger partial charge on any atom is 0.182 e. The molecule has 0 amide bonds. The second kappa shape index (κ2) is 6.02. The second-order valence-electron chi connectivity index (χ2n) is 5.59. The number of carbonyl (C=O) groups is 1. The summed E-state index contributed by atoms with van der Waals surface area (Å²) in [6.07, 6.45) is 2.23. The fourth-order valence-electron chi connectivity index (χ4n) is 2.87. The van der Waals surface area contributed by atoms with E-state index in [1.807, 2.05) is 24.3 Å². The zero-order valence-electron chi connectivity index (χ0n) is 12.1. The largest absolute Gasteiger partial charge is 0.364 e. The molecule has 0 saturated carbocycles. The van der Waals surface area contributed by atoms with Crippen LogP contribution >= 0.6 is 15.9 Å². The highest BCUT2D eigenvalue weighted by Gasteiger charge is 2.19. The van der Waals surface area contributed by atoms with Crippen LogP contribution in [0.4, 0.5) is 5.69 Å². The van der Waals surface area contributed by atoms with Crippen molar-refractivity contribution < 1.29 is 4.79 Å². The van der Waals surface area contributed by atoms with E-state index < -0.39 is 0 Å². The van der Waals surface area contributed by atoms with E-state index in [-0.39, 0.29) is 5.78 Å². The van der Waals surface area contributed by atoms with Gasteiger partial charge in [0.05, 0.1) is 6.54 Å². The maximum atomic E-state index is 12.4. The van der Waals surface area contributed by atoms with Gasteiger partial charge in [-0.15, -0.1) is 0 Å². The minimum absolute atomic E-state index is 0.177. The molecule has 0 N–H and O–H groups in total. The van der Waals surface area contributed by atoms with Crippen LogP contribution in [-0.2, 0) is 6.42 Å². The Balaban J connectivity index is 1.80. The highest BCUT2D eigenvalue weighted by Crippen LogP contribution is 2.28. The molecule has 0 aliphatic carbocycles. The Morgan fingerprint density at radius 1 is 1.19 bits per heavy atom. The van der Waals surface area contributed by atoms with Crippen molar-refractivity contribution in [1.82, 2.24) is 0 Å². The second-order valence-corrected chi connectivity index (χ2v) is 6.50. The molecule has 108 valence electrons. The van der Waals surface area contributed by atoms with Crippen molar-refractivity contribution in [3.63, 3.8) is 0 Å². The first-order chi connectivity index (χ1) is 10.1. The number of hydrogen-bond donors (Lipinski definition) is 0. The Morgan fingerprint density at radius 3 is 2.71 bits per heavy atom. The number of halogens is 1. The van der Waals surface area contributed by atoms with Crippen molar-refractivity contribution in [2.45, 2.75) is 19.8 Å². The number of fused-ring (bicyclic) bond motifs is 1. The van der Waals surface area contributed by atoms with Crippen molar-refractivity contribution in [2.24, 2.45) is 0 Å². The molecule has 0 atom stereocenters. The SMILES string of the molecule is Cc1ccc2c(c1)CCCN2CC(=O)c1ccc(Br)cc1. The third-order valence-corrected chi connectivity index (χ3v) is 4.48. The molecule has 2 aromatic rings. The first-order valence-corrected chi connectivity index (χ1v) is 8.06. The van der Waals surface area contributed by atoms with E-state index in [9.17, 15) is 4.79 Å². The minimum atomic E-state index is 0.177. The molecule has 2 aromatic carbocycles. The number of hydrogen-bond acceptors (Lipinski definition) is 2. The zero-order chi connectivity index (χ0) is 14.8. The first-order valence-electron chi connectivity index (χ1n) is 7.27. The number of benzene rings is 2. The molecule has 1 aliphatic heterocycles. The Bertz CT molecular complexity index is 663. The minimum Gasteiger partial charge on any atom is -0.364 e. The van der Waals surface area contributed by atoms with E-state index in [0.29, 0.717) is 6.54 Å². The van der Waals surface area contributed by atoms with Crippen LogP contribution in [-0.4, -0.2) is 18.9 Å². The Labute approximate surface area is 133 Å². The summed E-state index contributed by atoms with van der Waals surface area (Å²) in [5, 5.41) is 0. The summed E-state index contributed by atoms with van der Waals surface area (Å²) in [6.45, 7) is 3.53. The van der Waals surface area contributed by atoms with Crippen LogP contribution in [0.3, 0.4) is 0 Å². The molecule has 0 unspecified atom stereocenters. The Hall–Kier alpha value is -1.61. The summed E-state index contributed by atoms with van der Waals surface area (Å²) in [5.74, 6) is 0.177. The first kappa shape index (κ1) is 14.3. The number of carbonyl (C=O) groups excluding carboxylic acids is 1. The van der Waals surface area contributed by atoms with E-state index >= 15 is 0 Å². The number of Topliss-reactive ketones (excluding diaryl/α,β-unsaturated/α-hetero) is 1. The lowest BCUT2D eigenvalue weighted by Gasteiger charge is -2.31. The summed E-state index contributed by atoms with van der Waals surface area (Å²) in [7, 11) is 0. The molecule has 0 saturated heterocycles. The van der Waals surface area contributed by atoms with Gasteiger partial charge in [-0.1, -0.05) is 45.8 Å². The van der Waals surface area contributed by atoms with Gasteiger partial charge >= 0.3 is 0 Å². The monoisotopic (exact) mass is 343 g/mol. The van der Waals surface area contributed by atoms with Gasteiger partial charge < -0.3 is 4.90 Å². The molecule has 0 aromatic heterocycles. The number of aryl methyl sites for hydroxylation is 2. The smallest absolute Gasteiger partial charge is 0.182 e. The van der Waals surface area contributed by atoms with E-state index in [0.717, 1.165) is 29.4 Å². The van der Waals surface area contributed by atoms with Crippen LogP contribution in [0, 0.1) is 6.92 Å². The van der Waals surface area contributed by atoms with Crippen LogP contribution in [0.5, 0.6) is 0 Å². The number of anilines is 1. The van der Waals surface area contributed by atoms with Crippen molar-refractivity contribution in [3.05, 3.63) is 63.6 Å². The zero-order valence-corrected chi connectivity index (χ0v) is 13.7. The van der Waals surface area contributed by atoms with Gasteiger partial charge in [0.2, 0.25) is 0 Å². The van der Waals surface area contributed by atoms with Crippen molar-refractivity contribution in [2.75, 3.05) is 18.0 Å². The lowest BCUT2D eigenvalue weighted by molar-refractivity contribution is 0.0998. The number of ketones is 1. The summed E-state index contributed by atoms with van der Waals surface area (Å²) in [4.78, 5) is 14.7. The molecule has 0 radical (unpaired) electrons. The normalized spacial score (nSPS) is 13.9. The third kappa shape index (κ3) is 3.18. The van der Waals surface area contributed by atoms with Gasteiger partial charge in [0.1, 0.15) is 0 Å². The standard InChI is InChI=1S/C18H18BrNO/c1-13-4-9-17-15(11-13)3-2-10-20(17)12-18(21)14-5-7-16(19)8-6-14/h4-9,11H,2-3,10,12H2,1H3. The van der Waals surface area contributed by atoms with E-state index in [1.165, 1.54) is 16.8 Å². The molecule has 1 heterocycles. The van der Waals surface area contributed by atoms with E-state index in [1.54, 1.807) is 0 Å². The van der Waals surface area contributed by atoms with Gasteiger partial charge in [-0.25, -0.2) is 0 Å². The van der Waals surface area contributed by atoms with Gasteiger partial charge in [-0.2, -0.15) is 0 Å². The predicted molar refractivity (Wildman–Crippen MR) is 90.2 cm³/mol. The summed E-state index contributed by atoms with van der Waals surface area (Å²) < 4.78 is 0.998. The van der Waals surface area contributed by atoms with Crippen LogP contribution in [0.2, 0.25) is 0 Å². The van der Waals surface area contributed by atoms with Gasteiger partial charge in [-0.05, 0) is 43.5 Å². The average molecular weight is 344 g/mol. The summed E-state index contributed by atoms with van der Waals surface area (Å²) >= 11 is 3.40. The van der Waals surface area contributed by atoms with Crippen LogP contribution in [0.15, 0.2) is 46.9 Å². The van der Waals surface area contributed by atoms with E-state index in [2.05, 4.69) is 46.0 Å². The molecule has 0 spiro atoms. The van der Waals surface area contributed by atoms with E-state index in [4.69, 9.17) is 0 Å². The van der Waals surface area contributed by atoms with Crippen molar-refractivity contribution >= 4 is 27.4 Å². The third-order valence-electron chi connectivity index (χ3n) is 3.95. The van der Waals surface area contributed by atoms with Gasteiger partial charge in [-0.3, -0.25) is 4.79 Å². The topological polar surface area (TPSA) is 20.3 Å². The Morgan fingerprint density at radius 2 is 1.95 bits per heavy atom.